The number of hydrogen-bond donors (Lipinski definition) is 1. The van der Waals surface area contributed by atoms with Crippen LogP contribution in [0.1, 0.15) is 5.56 Å². The Bertz CT molecular complexity index is 1320. The van der Waals surface area contributed by atoms with Crippen molar-refractivity contribution < 1.29 is 5.11 Å². The van der Waals surface area contributed by atoms with E-state index >= 15 is 0 Å². The van der Waals surface area contributed by atoms with Gasteiger partial charge >= 0.3 is 11.2 Å². The van der Waals surface area contributed by atoms with E-state index in [1.807, 2.05) is 30.3 Å². The molecule has 27 heavy (non-hydrogen) atoms. The highest BCUT2D eigenvalue weighted by Gasteiger charge is 2.29. The lowest BCUT2D eigenvalue weighted by Crippen LogP contribution is -2.18. The van der Waals surface area contributed by atoms with E-state index in [4.69, 9.17) is 0 Å². The number of diazo groups is 1. The number of benzene rings is 2. The van der Waals surface area contributed by atoms with Gasteiger partial charge in [-0.2, -0.15) is 5.26 Å². The zero-order valence-corrected chi connectivity index (χ0v) is 14.6. The van der Waals surface area contributed by atoms with Gasteiger partial charge in [0.2, 0.25) is 11.1 Å². The molecule has 7 heteroatoms. The molecule has 2 heterocycles. The van der Waals surface area contributed by atoms with Crippen LogP contribution in [0.15, 0.2) is 65.5 Å². The minimum Gasteiger partial charge on any atom is -0.500 e. The van der Waals surface area contributed by atoms with Crippen molar-refractivity contribution in [3.63, 3.8) is 0 Å². The summed E-state index contributed by atoms with van der Waals surface area (Å²) in [7, 11) is 0. The fourth-order valence-electron chi connectivity index (χ4n) is 2.98. The lowest BCUT2D eigenvalue weighted by Gasteiger charge is -2.08. The number of aromatic nitrogens is 1. The number of pyridine rings is 1. The number of rotatable bonds is 2. The van der Waals surface area contributed by atoms with Crippen LogP contribution in [-0.2, 0) is 0 Å². The summed E-state index contributed by atoms with van der Waals surface area (Å²) >= 11 is 1.27. The third-order valence-electron chi connectivity index (χ3n) is 4.22. The molecule has 0 aliphatic rings. The number of aromatic hydroxyl groups is 1. The molecule has 0 unspecified atom stereocenters. The van der Waals surface area contributed by atoms with Crippen LogP contribution in [0.25, 0.3) is 31.3 Å². The Hall–Kier alpha value is -3.94. The molecule has 0 spiro atoms. The van der Waals surface area contributed by atoms with E-state index in [9.17, 15) is 20.6 Å². The first-order valence-corrected chi connectivity index (χ1v) is 8.79. The number of nitriles is 1. The molecule has 128 valence electrons. The normalized spacial score (nSPS) is 10.4. The summed E-state index contributed by atoms with van der Waals surface area (Å²) in [5.74, 6) is -0.379. The lowest BCUT2D eigenvalue weighted by molar-refractivity contribution is 0.484. The molecular weight excluding hydrogens is 360 g/mol. The molecule has 6 nitrogen and oxygen atoms in total. The largest absolute Gasteiger partial charge is 0.500 e. The van der Waals surface area contributed by atoms with Crippen LogP contribution in [0.2, 0.25) is 0 Å². The van der Waals surface area contributed by atoms with E-state index in [0.29, 0.717) is 21.5 Å². The quantitative estimate of drug-likeness (QED) is 0.513. The predicted molar refractivity (Wildman–Crippen MR) is 104 cm³/mol. The maximum Gasteiger partial charge on any atom is 0.492 e. The van der Waals surface area contributed by atoms with Gasteiger partial charge in [-0.25, -0.2) is 0 Å². The minimum atomic E-state index is -0.706. The molecule has 0 aliphatic heterocycles. The van der Waals surface area contributed by atoms with Gasteiger partial charge in [-0.3, -0.25) is 9.36 Å². The SMILES string of the molecule is N#Cc1ccccc1-n1c(=O)c([N+]#N)c(O)c2sc(-c3ccccc3)cc21. The van der Waals surface area contributed by atoms with Gasteiger partial charge in [0, 0.05) is 4.88 Å². The molecule has 0 fully saturated rings. The van der Waals surface area contributed by atoms with Crippen molar-refractivity contribution in [2.45, 2.75) is 0 Å². The average Bonchev–Trinajstić information content (AvgIpc) is 3.15. The van der Waals surface area contributed by atoms with Crippen molar-refractivity contribution in [3.05, 3.63) is 81.6 Å². The van der Waals surface area contributed by atoms with Crippen LogP contribution in [0.5, 0.6) is 5.75 Å². The van der Waals surface area contributed by atoms with Crippen molar-refractivity contribution in [3.8, 4) is 27.9 Å². The van der Waals surface area contributed by atoms with Crippen LogP contribution in [0.4, 0.5) is 5.69 Å². The van der Waals surface area contributed by atoms with E-state index in [1.165, 1.54) is 15.9 Å². The standard InChI is InChI=1S/C20H10N4O2S/c21-11-13-8-4-5-9-14(13)24-15-10-16(12-6-2-1-3-7-12)27-19(15)18(25)17(23-22)20(24)26/h1-10H/p+1. The summed E-state index contributed by atoms with van der Waals surface area (Å²) in [5, 5.41) is 29.2. The topological polar surface area (TPSA) is 94.2 Å². The monoisotopic (exact) mass is 371 g/mol. The van der Waals surface area contributed by atoms with Crippen LogP contribution in [0.3, 0.4) is 0 Å². The minimum absolute atomic E-state index is 0.294. The third-order valence-corrected chi connectivity index (χ3v) is 5.40. The van der Waals surface area contributed by atoms with Crippen LogP contribution < -0.4 is 5.56 Å². The van der Waals surface area contributed by atoms with Gasteiger partial charge in [-0.15, -0.1) is 11.3 Å². The van der Waals surface area contributed by atoms with Crippen LogP contribution in [-0.4, -0.2) is 9.67 Å². The van der Waals surface area contributed by atoms with E-state index in [-0.39, 0.29) is 5.75 Å². The van der Waals surface area contributed by atoms with E-state index in [1.54, 1.807) is 30.3 Å². The van der Waals surface area contributed by atoms with Crippen LogP contribution in [0, 0.1) is 16.7 Å². The summed E-state index contributed by atoms with van der Waals surface area (Å²) in [5.41, 5.74) is 0.851. The molecule has 0 atom stereocenters. The van der Waals surface area contributed by atoms with Gasteiger partial charge in [0.15, 0.2) is 4.98 Å². The first-order chi connectivity index (χ1) is 13.2. The number of hydrogen-bond acceptors (Lipinski definition) is 5. The zero-order chi connectivity index (χ0) is 19.0. The lowest BCUT2D eigenvalue weighted by atomic mass is 10.1. The second-order valence-corrected chi connectivity index (χ2v) is 6.81. The third kappa shape index (κ3) is 2.54. The highest BCUT2D eigenvalue weighted by atomic mass is 32.1. The number of para-hydroxylation sites is 1. The molecule has 0 saturated heterocycles. The van der Waals surface area contributed by atoms with Crippen molar-refractivity contribution in [1.29, 1.82) is 10.7 Å². The number of thiophene rings is 1. The summed E-state index contributed by atoms with van der Waals surface area (Å²) < 4.78 is 1.69. The smallest absolute Gasteiger partial charge is 0.492 e. The zero-order valence-electron chi connectivity index (χ0n) is 13.8. The Morgan fingerprint density at radius 1 is 1.07 bits per heavy atom. The molecule has 0 bridgehead atoms. The van der Waals surface area contributed by atoms with E-state index in [2.05, 4.69) is 11.0 Å². The Labute approximate surface area is 157 Å². The molecule has 0 saturated carbocycles. The fourth-order valence-corrected chi connectivity index (χ4v) is 4.07. The second kappa shape index (κ2) is 6.41. The molecule has 4 aromatic rings. The molecule has 4 rings (SSSR count). The van der Waals surface area contributed by atoms with Gasteiger partial charge < -0.3 is 5.11 Å². The molecule has 0 amide bonds. The van der Waals surface area contributed by atoms with Crippen molar-refractivity contribution >= 4 is 27.2 Å². The van der Waals surface area contributed by atoms with Crippen LogP contribution >= 0.6 is 11.3 Å². The summed E-state index contributed by atoms with van der Waals surface area (Å²) in [4.78, 5) is 16.7. The van der Waals surface area contributed by atoms with Crippen molar-refractivity contribution in [1.82, 2.24) is 4.57 Å². The Kier molecular flexibility index (Phi) is 3.92. The van der Waals surface area contributed by atoms with Gasteiger partial charge in [0.25, 0.3) is 0 Å². The highest BCUT2D eigenvalue weighted by molar-refractivity contribution is 7.22. The Morgan fingerprint density at radius 2 is 1.78 bits per heavy atom. The average molecular weight is 371 g/mol. The van der Waals surface area contributed by atoms with Crippen molar-refractivity contribution in [2.75, 3.05) is 0 Å². The molecule has 2 aromatic carbocycles. The molecule has 1 N–H and O–H groups in total. The maximum atomic E-state index is 12.9. The second-order valence-electron chi connectivity index (χ2n) is 5.76. The Balaban J connectivity index is 2.15. The molecule has 0 aliphatic carbocycles. The fraction of sp³-hybridized carbons (Fsp3) is 0. The summed E-state index contributed by atoms with van der Waals surface area (Å²) in [6, 6.07) is 20.0. The first kappa shape index (κ1) is 16.5. The van der Waals surface area contributed by atoms with Gasteiger partial charge in [0.1, 0.15) is 10.8 Å². The maximum absolute atomic E-state index is 12.9. The molecular formula is C20H11N4O2S+. The van der Waals surface area contributed by atoms with E-state index in [0.717, 1.165) is 10.4 Å². The molecule has 0 radical (unpaired) electrons. The van der Waals surface area contributed by atoms with Gasteiger partial charge in [-0.05, 0) is 23.8 Å². The first-order valence-electron chi connectivity index (χ1n) is 7.97. The highest BCUT2D eigenvalue weighted by Crippen LogP contribution is 2.41. The van der Waals surface area contributed by atoms with E-state index < -0.39 is 11.2 Å². The van der Waals surface area contributed by atoms with Gasteiger partial charge in [-0.1, -0.05) is 42.5 Å². The number of nitrogens with zero attached hydrogens (tertiary/aromatic N) is 4. The Morgan fingerprint density at radius 3 is 2.48 bits per heavy atom. The molecule has 2 aromatic heterocycles. The number of fused-ring (bicyclic) bond motifs is 1. The van der Waals surface area contributed by atoms with Gasteiger partial charge in [0.05, 0.1) is 16.8 Å². The van der Waals surface area contributed by atoms with Crippen molar-refractivity contribution in [2.24, 2.45) is 0 Å². The summed E-state index contributed by atoms with van der Waals surface area (Å²) in [6.07, 6.45) is 0. The predicted octanol–water partition coefficient (Wildman–Crippen LogP) is 4.78. The summed E-state index contributed by atoms with van der Waals surface area (Å²) in [6.45, 7) is 0.